The molecule has 0 atom stereocenters. The summed E-state index contributed by atoms with van der Waals surface area (Å²) in [6.45, 7) is 0.131. The van der Waals surface area contributed by atoms with Crippen molar-refractivity contribution in [3.05, 3.63) is 29.6 Å². The van der Waals surface area contributed by atoms with E-state index in [0.717, 1.165) is 4.31 Å². The molecule has 0 unspecified atom stereocenters. The van der Waals surface area contributed by atoms with E-state index in [9.17, 15) is 21.6 Å². The first kappa shape index (κ1) is 15.3. The van der Waals surface area contributed by atoms with Crippen LogP contribution < -0.4 is 5.73 Å². The lowest BCUT2D eigenvalue weighted by molar-refractivity contribution is 0.226. The lowest BCUT2D eigenvalue weighted by Gasteiger charge is -2.34. The van der Waals surface area contributed by atoms with E-state index in [2.05, 4.69) is 0 Å². The number of sulfonamides is 1. The molecule has 20 heavy (non-hydrogen) atoms. The fraction of sp³-hybridized carbons (Fsp3) is 0.500. The predicted molar refractivity (Wildman–Crippen MR) is 66.8 cm³/mol. The summed E-state index contributed by atoms with van der Waals surface area (Å²) in [5.41, 5.74) is 5.60. The van der Waals surface area contributed by atoms with Crippen LogP contribution >= 0.6 is 0 Å². The van der Waals surface area contributed by atoms with Gasteiger partial charge in [-0.2, -0.15) is 0 Å². The minimum Gasteiger partial charge on any atom is -0.328 e. The summed E-state index contributed by atoms with van der Waals surface area (Å²) in [5.74, 6) is -3.94. The van der Waals surface area contributed by atoms with Crippen molar-refractivity contribution < 1.29 is 21.6 Å². The molecule has 0 saturated heterocycles. The molecular weight excluding hydrogens is 293 g/mol. The topological polar surface area (TPSA) is 63.4 Å². The van der Waals surface area contributed by atoms with Gasteiger partial charge in [0, 0.05) is 31.8 Å². The second-order valence-corrected chi connectivity index (χ2v) is 7.06. The Balaban J connectivity index is 2.26. The molecule has 1 aliphatic rings. The highest BCUT2D eigenvalue weighted by atomic mass is 32.2. The highest BCUT2D eigenvalue weighted by Crippen LogP contribution is 2.29. The molecule has 1 fully saturated rings. The molecule has 0 amide bonds. The van der Waals surface area contributed by atoms with E-state index in [1.165, 1.54) is 7.05 Å². The lowest BCUT2D eigenvalue weighted by Crippen LogP contribution is -2.43. The van der Waals surface area contributed by atoms with E-state index >= 15 is 0 Å². The van der Waals surface area contributed by atoms with Crippen molar-refractivity contribution >= 4 is 10.0 Å². The second kappa shape index (κ2) is 5.34. The molecule has 1 aromatic carbocycles. The molecule has 1 aliphatic carbocycles. The van der Waals surface area contributed by atoms with Crippen LogP contribution in [0.1, 0.15) is 12.8 Å². The van der Waals surface area contributed by atoms with Crippen molar-refractivity contribution in [1.29, 1.82) is 0 Å². The third-order valence-corrected chi connectivity index (χ3v) is 5.29. The van der Waals surface area contributed by atoms with Gasteiger partial charge < -0.3 is 5.73 Å². The largest absolute Gasteiger partial charge is 0.328 e. The van der Waals surface area contributed by atoms with E-state index in [1.54, 1.807) is 0 Å². The Hall–Kier alpha value is -1.12. The molecule has 2 N–H and O–H groups in total. The van der Waals surface area contributed by atoms with Gasteiger partial charge in [0.1, 0.15) is 17.5 Å². The maximum Gasteiger partial charge on any atom is 0.248 e. The van der Waals surface area contributed by atoms with E-state index in [-0.39, 0.29) is 18.5 Å². The van der Waals surface area contributed by atoms with Crippen LogP contribution in [0.2, 0.25) is 0 Å². The Bertz CT molecular complexity index is 592. The molecule has 112 valence electrons. The molecule has 0 aliphatic heterocycles. The molecule has 1 aromatic rings. The Morgan fingerprint density at radius 2 is 1.75 bits per heavy atom. The van der Waals surface area contributed by atoms with E-state index in [0.29, 0.717) is 25.0 Å². The van der Waals surface area contributed by atoms with E-state index in [1.807, 2.05) is 0 Å². The average molecular weight is 308 g/mol. The zero-order valence-electron chi connectivity index (χ0n) is 10.8. The molecule has 0 heterocycles. The third kappa shape index (κ3) is 2.82. The van der Waals surface area contributed by atoms with Crippen LogP contribution in [0.25, 0.3) is 0 Å². The normalized spacial score (nSPS) is 22.9. The summed E-state index contributed by atoms with van der Waals surface area (Å²) in [5, 5.41) is 0. The van der Waals surface area contributed by atoms with Crippen molar-refractivity contribution in [2.24, 2.45) is 11.7 Å². The summed E-state index contributed by atoms with van der Waals surface area (Å²) in [7, 11) is -3.09. The summed E-state index contributed by atoms with van der Waals surface area (Å²) in [6.07, 6.45) is 1.35. The molecule has 1 saturated carbocycles. The van der Waals surface area contributed by atoms with Gasteiger partial charge in [-0.15, -0.1) is 0 Å². The van der Waals surface area contributed by atoms with Crippen LogP contribution in [-0.2, 0) is 10.0 Å². The van der Waals surface area contributed by atoms with E-state index in [4.69, 9.17) is 5.73 Å². The minimum atomic E-state index is -4.33. The van der Waals surface area contributed by atoms with Crippen LogP contribution in [-0.4, -0.2) is 32.4 Å². The first-order chi connectivity index (χ1) is 9.21. The number of benzene rings is 1. The van der Waals surface area contributed by atoms with Crippen LogP contribution in [0.5, 0.6) is 0 Å². The van der Waals surface area contributed by atoms with Crippen LogP contribution in [0.4, 0.5) is 13.2 Å². The summed E-state index contributed by atoms with van der Waals surface area (Å²) in [4.78, 5) is -1.12. The number of rotatable bonds is 4. The highest BCUT2D eigenvalue weighted by molar-refractivity contribution is 7.89. The number of nitrogens with zero attached hydrogens (tertiary/aromatic N) is 1. The highest BCUT2D eigenvalue weighted by Gasteiger charge is 2.34. The first-order valence-corrected chi connectivity index (χ1v) is 7.52. The first-order valence-electron chi connectivity index (χ1n) is 6.08. The standard InChI is InChI=1S/C12H15F3N2O2S/c1-17(6-7-2-9(16)3-7)20(18,19)12-10(14)4-8(13)5-11(12)15/h4-5,7,9H,2-3,6,16H2,1H3. The fourth-order valence-corrected chi connectivity index (χ4v) is 3.66. The summed E-state index contributed by atoms with van der Waals surface area (Å²) >= 11 is 0. The predicted octanol–water partition coefficient (Wildman–Crippen LogP) is 1.46. The molecule has 0 spiro atoms. The summed E-state index contributed by atoms with van der Waals surface area (Å²) < 4.78 is 65.1. The zero-order valence-corrected chi connectivity index (χ0v) is 11.6. The van der Waals surface area contributed by atoms with E-state index < -0.39 is 32.4 Å². The number of halogens is 3. The minimum absolute atomic E-state index is 0.0513. The summed E-state index contributed by atoms with van der Waals surface area (Å²) in [6, 6.07) is 0.752. The van der Waals surface area contributed by atoms with Gasteiger partial charge in [-0.05, 0) is 18.8 Å². The zero-order chi connectivity index (χ0) is 15.1. The number of hydrogen-bond acceptors (Lipinski definition) is 3. The van der Waals surface area contributed by atoms with Crippen LogP contribution in [0.15, 0.2) is 17.0 Å². The molecule has 2 rings (SSSR count). The van der Waals surface area contributed by atoms with Crippen molar-refractivity contribution in [2.75, 3.05) is 13.6 Å². The second-order valence-electron chi connectivity index (χ2n) is 5.08. The van der Waals surface area contributed by atoms with Gasteiger partial charge in [-0.1, -0.05) is 0 Å². The van der Waals surface area contributed by atoms with Crippen LogP contribution in [0.3, 0.4) is 0 Å². The van der Waals surface area contributed by atoms with Gasteiger partial charge in [-0.25, -0.2) is 25.9 Å². The number of nitrogens with two attached hydrogens (primary N) is 1. The SMILES string of the molecule is CN(CC1CC(N)C1)S(=O)(=O)c1c(F)cc(F)cc1F. The Labute approximate surface area is 115 Å². The Morgan fingerprint density at radius 1 is 1.25 bits per heavy atom. The van der Waals surface area contributed by atoms with Gasteiger partial charge in [0.2, 0.25) is 10.0 Å². The Kier molecular flexibility index (Phi) is 4.08. The Morgan fingerprint density at radius 3 is 2.20 bits per heavy atom. The molecule has 0 aromatic heterocycles. The van der Waals surface area contributed by atoms with Gasteiger partial charge in [0.15, 0.2) is 4.90 Å². The van der Waals surface area contributed by atoms with Gasteiger partial charge in [0.05, 0.1) is 0 Å². The maximum absolute atomic E-state index is 13.6. The average Bonchev–Trinajstić information content (AvgIpc) is 2.24. The van der Waals surface area contributed by atoms with Gasteiger partial charge in [0.25, 0.3) is 0 Å². The van der Waals surface area contributed by atoms with Crippen molar-refractivity contribution in [2.45, 2.75) is 23.8 Å². The third-order valence-electron chi connectivity index (χ3n) is 3.42. The van der Waals surface area contributed by atoms with Gasteiger partial charge >= 0.3 is 0 Å². The molecule has 0 radical (unpaired) electrons. The van der Waals surface area contributed by atoms with Crippen molar-refractivity contribution in [3.8, 4) is 0 Å². The quantitative estimate of drug-likeness (QED) is 0.916. The monoisotopic (exact) mass is 308 g/mol. The molecule has 8 heteroatoms. The molecular formula is C12H15F3N2O2S. The molecule has 0 bridgehead atoms. The smallest absolute Gasteiger partial charge is 0.248 e. The van der Waals surface area contributed by atoms with Crippen LogP contribution in [0, 0.1) is 23.4 Å². The number of hydrogen-bond donors (Lipinski definition) is 1. The van der Waals surface area contributed by atoms with Crippen molar-refractivity contribution in [1.82, 2.24) is 4.31 Å². The lowest BCUT2D eigenvalue weighted by atomic mass is 9.81. The fourth-order valence-electron chi connectivity index (χ4n) is 2.33. The van der Waals surface area contributed by atoms with Gasteiger partial charge in [-0.3, -0.25) is 0 Å². The van der Waals surface area contributed by atoms with Crippen molar-refractivity contribution in [3.63, 3.8) is 0 Å². The maximum atomic E-state index is 13.6. The molecule has 4 nitrogen and oxygen atoms in total.